The van der Waals surface area contributed by atoms with Crippen molar-refractivity contribution in [2.24, 2.45) is 5.92 Å². The van der Waals surface area contributed by atoms with Crippen molar-refractivity contribution in [2.75, 3.05) is 0 Å². The van der Waals surface area contributed by atoms with Gasteiger partial charge in [-0.1, -0.05) is 19.3 Å². The standard InChI is InChI=1S/C16H26N2O2/c1-11(2)18-14(20)16(9-5-4-6-10-16)17-13(19)15(18,3)12-7-8-12/h11-12H,4-10H2,1-3H3,(H,17,19). The summed E-state index contributed by atoms with van der Waals surface area (Å²) in [6.07, 6.45) is 6.99. The molecular formula is C16H26N2O2. The molecule has 1 N–H and O–H groups in total. The van der Waals surface area contributed by atoms with Crippen molar-refractivity contribution in [2.45, 2.75) is 82.8 Å². The zero-order valence-corrected chi connectivity index (χ0v) is 12.9. The van der Waals surface area contributed by atoms with Crippen molar-refractivity contribution in [3.8, 4) is 0 Å². The minimum Gasteiger partial charge on any atom is -0.340 e. The summed E-state index contributed by atoms with van der Waals surface area (Å²) in [5.41, 5.74) is -1.23. The maximum absolute atomic E-state index is 13.1. The van der Waals surface area contributed by atoms with Crippen molar-refractivity contribution in [1.29, 1.82) is 0 Å². The molecule has 4 heteroatoms. The molecule has 20 heavy (non-hydrogen) atoms. The molecule has 1 atom stereocenters. The molecule has 0 aromatic rings. The van der Waals surface area contributed by atoms with Gasteiger partial charge in [0.1, 0.15) is 11.1 Å². The molecule has 1 unspecified atom stereocenters. The maximum atomic E-state index is 13.1. The lowest BCUT2D eigenvalue weighted by Crippen LogP contribution is -2.77. The Hall–Kier alpha value is -1.06. The van der Waals surface area contributed by atoms with Gasteiger partial charge < -0.3 is 10.2 Å². The molecule has 0 aromatic carbocycles. The number of hydrogen-bond donors (Lipinski definition) is 1. The molecule has 112 valence electrons. The molecule has 0 bridgehead atoms. The largest absolute Gasteiger partial charge is 0.340 e. The van der Waals surface area contributed by atoms with Gasteiger partial charge in [0.05, 0.1) is 0 Å². The molecule has 2 aliphatic carbocycles. The molecule has 3 fully saturated rings. The summed E-state index contributed by atoms with van der Waals surface area (Å²) >= 11 is 0. The van der Waals surface area contributed by atoms with Gasteiger partial charge in [-0.05, 0) is 52.4 Å². The van der Waals surface area contributed by atoms with Crippen LogP contribution in [-0.2, 0) is 9.59 Å². The van der Waals surface area contributed by atoms with Crippen LogP contribution in [-0.4, -0.2) is 33.8 Å². The smallest absolute Gasteiger partial charge is 0.249 e. The normalized spacial score (nSPS) is 33.7. The van der Waals surface area contributed by atoms with Gasteiger partial charge in [0.2, 0.25) is 11.8 Å². The molecule has 1 saturated heterocycles. The second-order valence-corrected chi connectivity index (χ2v) is 7.29. The van der Waals surface area contributed by atoms with Gasteiger partial charge >= 0.3 is 0 Å². The van der Waals surface area contributed by atoms with Gasteiger partial charge in [-0.2, -0.15) is 0 Å². The molecule has 1 spiro atoms. The van der Waals surface area contributed by atoms with Crippen LogP contribution in [0.2, 0.25) is 0 Å². The van der Waals surface area contributed by atoms with Gasteiger partial charge in [0.15, 0.2) is 0 Å². The average Bonchev–Trinajstić information content (AvgIpc) is 3.22. The summed E-state index contributed by atoms with van der Waals surface area (Å²) in [6, 6.07) is 0.0814. The van der Waals surface area contributed by atoms with E-state index in [1.807, 2.05) is 25.7 Å². The highest BCUT2D eigenvalue weighted by Crippen LogP contribution is 2.48. The maximum Gasteiger partial charge on any atom is 0.249 e. The van der Waals surface area contributed by atoms with Crippen LogP contribution in [0.4, 0.5) is 0 Å². The highest BCUT2D eigenvalue weighted by molar-refractivity contribution is 6.02. The van der Waals surface area contributed by atoms with Crippen LogP contribution < -0.4 is 5.32 Å². The van der Waals surface area contributed by atoms with Crippen molar-refractivity contribution in [3.63, 3.8) is 0 Å². The quantitative estimate of drug-likeness (QED) is 0.842. The van der Waals surface area contributed by atoms with Crippen molar-refractivity contribution in [1.82, 2.24) is 10.2 Å². The lowest BCUT2D eigenvalue weighted by molar-refractivity contribution is -0.168. The SMILES string of the molecule is CC(C)N1C(=O)C2(CCCCC2)NC(=O)C1(C)C1CC1. The number of amides is 2. The third-order valence-corrected chi connectivity index (χ3v) is 5.54. The summed E-state index contributed by atoms with van der Waals surface area (Å²) in [4.78, 5) is 27.9. The Morgan fingerprint density at radius 1 is 1.15 bits per heavy atom. The predicted octanol–water partition coefficient (Wildman–Crippen LogP) is 2.22. The van der Waals surface area contributed by atoms with E-state index in [-0.39, 0.29) is 17.9 Å². The number of nitrogens with one attached hydrogen (secondary N) is 1. The van der Waals surface area contributed by atoms with Gasteiger partial charge in [0, 0.05) is 6.04 Å². The Morgan fingerprint density at radius 2 is 1.75 bits per heavy atom. The van der Waals surface area contributed by atoms with E-state index in [4.69, 9.17) is 0 Å². The van der Waals surface area contributed by atoms with Crippen LogP contribution in [0.25, 0.3) is 0 Å². The Balaban J connectivity index is 1.99. The summed E-state index contributed by atoms with van der Waals surface area (Å²) in [5, 5.41) is 3.15. The van der Waals surface area contributed by atoms with Crippen LogP contribution in [0, 0.1) is 5.92 Å². The third-order valence-electron chi connectivity index (χ3n) is 5.54. The Morgan fingerprint density at radius 3 is 2.25 bits per heavy atom. The van der Waals surface area contributed by atoms with Crippen molar-refractivity contribution in [3.05, 3.63) is 0 Å². The molecule has 2 amide bonds. The van der Waals surface area contributed by atoms with E-state index in [2.05, 4.69) is 5.32 Å². The number of hydrogen-bond acceptors (Lipinski definition) is 2. The van der Waals surface area contributed by atoms with Crippen LogP contribution in [0.3, 0.4) is 0 Å². The first-order chi connectivity index (χ1) is 9.42. The molecule has 1 heterocycles. The first-order valence-corrected chi connectivity index (χ1v) is 8.08. The minimum atomic E-state index is -0.631. The summed E-state index contributed by atoms with van der Waals surface area (Å²) in [6.45, 7) is 6.04. The molecule has 1 aliphatic heterocycles. The lowest BCUT2D eigenvalue weighted by Gasteiger charge is -2.54. The number of rotatable bonds is 2. The van der Waals surface area contributed by atoms with Gasteiger partial charge in [-0.15, -0.1) is 0 Å². The van der Waals surface area contributed by atoms with E-state index < -0.39 is 11.1 Å². The second kappa shape index (κ2) is 4.47. The second-order valence-electron chi connectivity index (χ2n) is 7.29. The van der Waals surface area contributed by atoms with Crippen LogP contribution >= 0.6 is 0 Å². The molecule has 4 nitrogen and oxygen atoms in total. The average molecular weight is 278 g/mol. The summed E-state index contributed by atoms with van der Waals surface area (Å²) in [7, 11) is 0. The number of carbonyl (C=O) groups excluding carboxylic acids is 2. The minimum absolute atomic E-state index is 0.0789. The van der Waals surface area contributed by atoms with Crippen molar-refractivity contribution >= 4 is 11.8 Å². The predicted molar refractivity (Wildman–Crippen MR) is 77.1 cm³/mol. The Bertz CT molecular complexity index is 436. The zero-order valence-electron chi connectivity index (χ0n) is 12.9. The van der Waals surface area contributed by atoms with Gasteiger partial charge in [-0.3, -0.25) is 9.59 Å². The van der Waals surface area contributed by atoms with Gasteiger partial charge in [-0.25, -0.2) is 0 Å². The fourth-order valence-electron chi connectivity index (χ4n) is 4.24. The highest BCUT2D eigenvalue weighted by atomic mass is 16.2. The fourth-order valence-corrected chi connectivity index (χ4v) is 4.24. The highest BCUT2D eigenvalue weighted by Gasteiger charge is 2.61. The topological polar surface area (TPSA) is 49.4 Å². The van der Waals surface area contributed by atoms with Crippen LogP contribution in [0.5, 0.6) is 0 Å². The summed E-state index contributed by atoms with van der Waals surface area (Å²) in [5.74, 6) is 0.589. The Labute approximate surface area is 121 Å². The Kier molecular flexibility index (Phi) is 3.11. The number of nitrogens with zero attached hydrogens (tertiary/aromatic N) is 1. The molecule has 3 rings (SSSR count). The first-order valence-electron chi connectivity index (χ1n) is 8.08. The fraction of sp³-hybridized carbons (Fsp3) is 0.875. The molecule has 3 aliphatic rings. The van der Waals surface area contributed by atoms with Crippen LogP contribution in [0.15, 0.2) is 0 Å². The van der Waals surface area contributed by atoms with E-state index in [0.29, 0.717) is 5.92 Å². The van der Waals surface area contributed by atoms with E-state index >= 15 is 0 Å². The van der Waals surface area contributed by atoms with E-state index in [1.54, 1.807) is 0 Å². The van der Waals surface area contributed by atoms with E-state index in [9.17, 15) is 9.59 Å². The van der Waals surface area contributed by atoms with Crippen LogP contribution in [0.1, 0.15) is 65.7 Å². The van der Waals surface area contributed by atoms with E-state index in [1.165, 1.54) is 6.42 Å². The first kappa shape index (κ1) is 13.9. The molecule has 0 aromatic heterocycles. The third kappa shape index (κ3) is 1.80. The molecule has 2 saturated carbocycles. The summed E-state index contributed by atoms with van der Waals surface area (Å²) < 4.78 is 0. The van der Waals surface area contributed by atoms with Crippen molar-refractivity contribution < 1.29 is 9.59 Å². The molecule has 0 radical (unpaired) electrons. The number of piperazine rings is 1. The van der Waals surface area contributed by atoms with Gasteiger partial charge in [0.25, 0.3) is 0 Å². The molecular weight excluding hydrogens is 252 g/mol. The number of carbonyl (C=O) groups is 2. The monoisotopic (exact) mass is 278 g/mol. The lowest BCUT2D eigenvalue weighted by atomic mass is 9.74. The van der Waals surface area contributed by atoms with E-state index in [0.717, 1.165) is 38.5 Å². The zero-order chi connectivity index (χ0) is 14.5.